The summed E-state index contributed by atoms with van der Waals surface area (Å²) in [7, 11) is 0. The molecule has 1 atom stereocenters. The van der Waals surface area contributed by atoms with Crippen LogP contribution in [0.15, 0.2) is 47.6 Å². The van der Waals surface area contributed by atoms with E-state index < -0.39 is 0 Å². The number of hydrogen-bond donors (Lipinski definition) is 2. The SMILES string of the molecule is Cc1ccc(NCc2nnc(SCC(=O)Nc3ccc(Cl)cc3)n2C[C@H]2CCCO2)c(C)c1. The van der Waals surface area contributed by atoms with Gasteiger partial charge in [0.1, 0.15) is 0 Å². The van der Waals surface area contributed by atoms with Crippen molar-refractivity contribution >= 4 is 40.6 Å². The zero-order valence-electron chi connectivity index (χ0n) is 18.8. The molecule has 9 heteroatoms. The molecule has 1 amide bonds. The topological polar surface area (TPSA) is 81.1 Å². The molecule has 0 bridgehead atoms. The lowest BCUT2D eigenvalue weighted by atomic mass is 10.1. The van der Waals surface area contributed by atoms with Crippen molar-refractivity contribution in [1.82, 2.24) is 14.8 Å². The highest BCUT2D eigenvalue weighted by molar-refractivity contribution is 7.99. The third-order valence-corrected chi connectivity index (χ3v) is 6.70. The van der Waals surface area contributed by atoms with Crippen molar-refractivity contribution in [3.63, 3.8) is 0 Å². The number of rotatable bonds is 9. The number of aromatic nitrogens is 3. The Labute approximate surface area is 203 Å². The predicted molar refractivity (Wildman–Crippen MR) is 133 cm³/mol. The first-order valence-corrected chi connectivity index (χ1v) is 12.4. The molecule has 1 aromatic heterocycles. The summed E-state index contributed by atoms with van der Waals surface area (Å²) >= 11 is 7.29. The monoisotopic (exact) mass is 485 g/mol. The van der Waals surface area contributed by atoms with Gasteiger partial charge in [0.05, 0.1) is 24.9 Å². The van der Waals surface area contributed by atoms with Crippen LogP contribution < -0.4 is 10.6 Å². The Kier molecular flexibility index (Phi) is 7.90. The summed E-state index contributed by atoms with van der Waals surface area (Å²) in [4.78, 5) is 12.4. The number of halogens is 1. The van der Waals surface area contributed by atoms with Crippen LogP contribution in [0.1, 0.15) is 29.8 Å². The van der Waals surface area contributed by atoms with Gasteiger partial charge < -0.3 is 19.9 Å². The molecule has 0 saturated carbocycles. The normalized spacial score (nSPS) is 15.5. The number of aryl methyl sites for hydroxylation is 2. The molecular formula is C24H28ClN5O2S. The van der Waals surface area contributed by atoms with Crippen molar-refractivity contribution in [1.29, 1.82) is 0 Å². The summed E-state index contributed by atoms with van der Waals surface area (Å²) in [5, 5.41) is 16.5. The van der Waals surface area contributed by atoms with Crippen LogP contribution in [0.4, 0.5) is 11.4 Å². The van der Waals surface area contributed by atoms with Crippen LogP contribution in [0.25, 0.3) is 0 Å². The fourth-order valence-corrected chi connectivity index (χ4v) is 4.67. The van der Waals surface area contributed by atoms with Gasteiger partial charge >= 0.3 is 0 Å². The van der Waals surface area contributed by atoms with Crippen molar-refractivity contribution in [2.45, 2.75) is 51.0 Å². The summed E-state index contributed by atoms with van der Waals surface area (Å²) < 4.78 is 7.93. The van der Waals surface area contributed by atoms with Gasteiger partial charge in [0.15, 0.2) is 11.0 Å². The Morgan fingerprint density at radius 1 is 1.21 bits per heavy atom. The predicted octanol–water partition coefficient (Wildman–Crippen LogP) is 5.07. The van der Waals surface area contributed by atoms with Crippen LogP contribution >= 0.6 is 23.4 Å². The zero-order valence-corrected chi connectivity index (χ0v) is 20.4. The van der Waals surface area contributed by atoms with Crippen LogP contribution in [-0.2, 0) is 22.6 Å². The van der Waals surface area contributed by atoms with Gasteiger partial charge in [-0.1, -0.05) is 41.1 Å². The van der Waals surface area contributed by atoms with E-state index in [0.717, 1.165) is 31.0 Å². The third kappa shape index (κ3) is 6.50. The minimum Gasteiger partial charge on any atom is -0.378 e. The molecular weight excluding hydrogens is 458 g/mol. The van der Waals surface area contributed by atoms with Gasteiger partial charge in [-0.2, -0.15) is 0 Å². The van der Waals surface area contributed by atoms with Crippen LogP contribution in [0.2, 0.25) is 5.02 Å². The van der Waals surface area contributed by atoms with E-state index in [1.807, 2.05) is 0 Å². The Hall–Kier alpha value is -2.55. The molecule has 4 rings (SSSR count). The molecule has 1 saturated heterocycles. The van der Waals surface area contributed by atoms with Gasteiger partial charge in [-0.25, -0.2) is 0 Å². The second kappa shape index (κ2) is 11.0. The lowest BCUT2D eigenvalue weighted by molar-refractivity contribution is -0.113. The molecule has 2 heterocycles. The number of amides is 1. The van der Waals surface area contributed by atoms with E-state index in [1.165, 1.54) is 22.9 Å². The second-order valence-corrected chi connectivity index (χ2v) is 9.54. The molecule has 0 radical (unpaired) electrons. The van der Waals surface area contributed by atoms with E-state index in [9.17, 15) is 4.79 Å². The van der Waals surface area contributed by atoms with Gasteiger partial charge in [-0.05, 0) is 62.6 Å². The molecule has 33 heavy (non-hydrogen) atoms. The van der Waals surface area contributed by atoms with Crippen molar-refractivity contribution in [2.24, 2.45) is 0 Å². The first-order chi connectivity index (χ1) is 16.0. The van der Waals surface area contributed by atoms with Crippen LogP contribution in [0, 0.1) is 13.8 Å². The van der Waals surface area contributed by atoms with E-state index in [0.29, 0.717) is 29.0 Å². The maximum Gasteiger partial charge on any atom is 0.234 e. The fourth-order valence-electron chi connectivity index (χ4n) is 3.78. The molecule has 3 aromatic rings. The lowest BCUT2D eigenvalue weighted by Crippen LogP contribution is -2.20. The number of benzene rings is 2. The zero-order chi connectivity index (χ0) is 23.2. The number of carbonyl (C=O) groups excluding carboxylic acids is 1. The van der Waals surface area contributed by atoms with E-state index in [4.69, 9.17) is 16.3 Å². The van der Waals surface area contributed by atoms with Gasteiger partial charge in [0.25, 0.3) is 0 Å². The number of anilines is 2. The molecule has 174 valence electrons. The molecule has 1 fully saturated rings. The first-order valence-electron chi connectivity index (χ1n) is 11.0. The Bertz CT molecular complexity index is 1100. The number of thioether (sulfide) groups is 1. The minimum absolute atomic E-state index is 0.107. The second-order valence-electron chi connectivity index (χ2n) is 8.16. The number of hydrogen-bond acceptors (Lipinski definition) is 6. The summed E-state index contributed by atoms with van der Waals surface area (Å²) in [6.45, 7) is 6.18. The van der Waals surface area contributed by atoms with E-state index >= 15 is 0 Å². The van der Waals surface area contributed by atoms with E-state index in [2.05, 4.69) is 57.4 Å². The highest BCUT2D eigenvalue weighted by Gasteiger charge is 2.21. The number of carbonyl (C=O) groups is 1. The smallest absolute Gasteiger partial charge is 0.234 e. The molecule has 0 aliphatic carbocycles. The van der Waals surface area contributed by atoms with E-state index in [1.54, 1.807) is 24.3 Å². The lowest BCUT2D eigenvalue weighted by Gasteiger charge is -2.16. The maximum atomic E-state index is 12.4. The molecule has 1 aliphatic heterocycles. The van der Waals surface area contributed by atoms with E-state index in [-0.39, 0.29) is 17.8 Å². The van der Waals surface area contributed by atoms with Crippen molar-refractivity contribution < 1.29 is 9.53 Å². The highest BCUT2D eigenvalue weighted by Crippen LogP contribution is 2.23. The maximum absolute atomic E-state index is 12.4. The molecule has 2 N–H and O–H groups in total. The average molecular weight is 486 g/mol. The van der Waals surface area contributed by atoms with Crippen molar-refractivity contribution in [2.75, 3.05) is 23.0 Å². The molecule has 2 aromatic carbocycles. The van der Waals surface area contributed by atoms with Crippen LogP contribution in [0.5, 0.6) is 0 Å². The minimum atomic E-state index is -0.107. The average Bonchev–Trinajstić information content (AvgIpc) is 3.44. The van der Waals surface area contributed by atoms with Crippen molar-refractivity contribution in [3.8, 4) is 0 Å². The number of nitrogens with one attached hydrogen (secondary N) is 2. The molecule has 0 spiro atoms. The molecule has 7 nitrogen and oxygen atoms in total. The van der Waals surface area contributed by atoms with Gasteiger partial charge in [-0.3, -0.25) is 4.79 Å². The summed E-state index contributed by atoms with van der Waals surface area (Å²) in [6, 6.07) is 13.4. The van der Waals surface area contributed by atoms with Crippen LogP contribution in [0.3, 0.4) is 0 Å². The largest absolute Gasteiger partial charge is 0.378 e. The van der Waals surface area contributed by atoms with Gasteiger partial charge in [0.2, 0.25) is 5.91 Å². The van der Waals surface area contributed by atoms with Gasteiger partial charge in [-0.15, -0.1) is 10.2 Å². The number of nitrogens with zero attached hydrogens (tertiary/aromatic N) is 3. The Morgan fingerprint density at radius 2 is 2.03 bits per heavy atom. The Morgan fingerprint density at radius 3 is 2.76 bits per heavy atom. The van der Waals surface area contributed by atoms with Gasteiger partial charge in [0, 0.05) is 23.0 Å². The Balaban J connectivity index is 1.43. The van der Waals surface area contributed by atoms with Crippen molar-refractivity contribution in [3.05, 3.63) is 64.4 Å². The molecule has 0 unspecified atom stereocenters. The quantitative estimate of drug-likeness (QED) is 0.412. The summed E-state index contributed by atoms with van der Waals surface area (Å²) in [5.74, 6) is 0.951. The standard InChI is InChI=1S/C24H28ClN5O2S/c1-16-5-10-21(17(2)12-16)26-13-22-28-29-24(30(22)14-20-4-3-11-32-20)33-15-23(31)27-19-8-6-18(25)7-9-19/h5-10,12,20,26H,3-4,11,13-15H2,1-2H3,(H,27,31)/t20-/m1/s1. The van der Waals surface area contributed by atoms with Crippen LogP contribution in [-0.4, -0.2) is 39.1 Å². The summed E-state index contributed by atoms with van der Waals surface area (Å²) in [5.41, 5.74) is 4.21. The highest BCUT2D eigenvalue weighted by atomic mass is 35.5. The third-order valence-electron chi connectivity index (χ3n) is 5.48. The fraction of sp³-hybridized carbons (Fsp3) is 0.375. The number of ether oxygens (including phenoxy) is 1. The molecule has 1 aliphatic rings. The first kappa shape index (κ1) is 23.6. The summed E-state index contributed by atoms with van der Waals surface area (Å²) in [6.07, 6.45) is 2.22.